The zero-order valence-electron chi connectivity index (χ0n) is 21.1. The Labute approximate surface area is 210 Å². The van der Waals surface area contributed by atoms with E-state index in [4.69, 9.17) is 28.4 Å². The smallest absolute Gasteiger partial charge is 0.203 e. The summed E-state index contributed by atoms with van der Waals surface area (Å²) in [4.78, 5) is 25.9. The molecule has 8 nitrogen and oxygen atoms in total. The van der Waals surface area contributed by atoms with Gasteiger partial charge in [-0.05, 0) is 29.8 Å². The van der Waals surface area contributed by atoms with Crippen molar-refractivity contribution in [3.63, 3.8) is 0 Å². The van der Waals surface area contributed by atoms with Gasteiger partial charge in [-0.3, -0.25) is 9.59 Å². The summed E-state index contributed by atoms with van der Waals surface area (Å²) in [6.07, 6.45) is -0.0187. The van der Waals surface area contributed by atoms with Crippen LogP contribution in [0.2, 0.25) is 0 Å². The number of methoxy groups -OCH3 is 5. The van der Waals surface area contributed by atoms with Gasteiger partial charge in [-0.1, -0.05) is 30.3 Å². The van der Waals surface area contributed by atoms with Crippen LogP contribution in [-0.2, 0) is 6.61 Å². The Morgan fingerprint density at radius 3 is 1.42 bits per heavy atom. The van der Waals surface area contributed by atoms with Gasteiger partial charge in [0.1, 0.15) is 6.61 Å². The molecule has 0 spiro atoms. The van der Waals surface area contributed by atoms with Crippen molar-refractivity contribution in [3.8, 4) is 34.5 Å². The second kappa shape index (κ2) is 12.5. The van der Waals surface area contributed by atoms with Crippen LogP contribution in [0.3, 0.4) is 0 Å². The lowest BCUT2D eigenvalue weighted by atomic mass is 10.0. The highest BCUT2D eigenvalue weighted by atomic mass is 16.5. The third kappa shape index (κ3) is 6.07. The average molecular weight is 495 g/mol. The topological polar surface area (TPSA) is 89.5 Å². The van der Waals surface area contributed by atoms with Crippen molar-refractivity contribution in [2.24, 2.45) is 0 Å². The summed E-state index contributed by atoms with van der Waals surface area (Å²) in [5.41, 5.74) is 1.68. The van der Waals surface area contributed by atoms with Crippen LogP contribution in [0.25, 0.3) is 0 Å². The first kappa shape index (κ1) is 26.4. The number of carbonyl (C=O) groups excluding carboxylic acids is 2. The van der Waals surface area contributed by atoms with Gasteiger partial charge in [0.05, 0.1) is 35.5 Å². The molecular formula is C28H30O8. The molecule has 0 radical (unpaired) electrons. The van der Waals surface area contributed by atoms with E-state index in [0.29, 0.717) is 45.6 Å². The Bertz CT molecular complexity index is 1180. The average Bonchev–Trinajstić information content (AvgIpc) is 2.93. The van der Waals surface area contributed by atoms with E-state index >= 15 is 0 Å². The zero-order chi connectivity index (χ0) is 26.1. The Hall–Kier alpha value is -4.20. The monoisotopic (exact) mass is 494 g/mol. The first-order valence-electron chi connectivity index (χ1n) is 11.2. The lowest BCUT2D eigenvalue weighted by molar-refractivity contribution is 0.0916. The minimum atomic E-state index is -0.235. The Balaban J connectivity index is 1.78. The normalized spacial score (nSPS) is 10.4. The summed E-state index contributed by atoms with van der Waals surface area (Å²) >= 11 is 0. The Morgan fingerprint density at radius 1 is 0.583 bits per heavy atom. The molecule has 0 N–H and O–H groups in total. The molecule has 190 valence electrons. The summed E-state index contributed by atoms with van der Waals surface area (Å²) in [7, 11) is 7.43. The number of carbonyl (C=O) groups is 2. The molecule has 0 aliphatic rings. The van der Waals surface area contributed by atoms with Crippen LogP contribution in [0.15, 0.2) is 54.6 Å². The van der Waals surface area contributed by atoms with Gasteiger partial charge in [-0.25, -0.2) is 0 Å². The molecule has 0 aliphatic heterocycles. The van der Waals surface area contributed by atoms with Crippen LogP contribution in [0, 0.1) is 0 Å². The summed E-state index contributed by atoms with van der Waals surface area (Å²) in [5.74, 6) is 1.78. The van der Waals surface area contributed by atoms with Gasteiger partial charge in [-0.2, -0.15) is 0 Å². The maximum Gasteiger partial charge on any atom is 0.203 e. The summed E-state index contributed by atoms with van der Waals surface area (Å²) in [6.45, 7) is 0.289. The van der Waals surface area contributed by atoms with Crippen molar-refractivity contribution in [3.05, 3.63) is 71.3 Å². The third-order valence-corrected chi connectivity index (χ3v) is 5.57. The molecule has 0 fully saturated rings. The number of benzene rings is 3. The highest BCUT2D eigenvalue weighted by molar-refractivity contribution is 6.03. The second-order valence-corrected chi connectivity index (χ2v) is 7.74. The van der Waals surface area contributed by atoms with E-state index in [-0.39, 0.29) is 31.0 Å². The number of hydrogen-bond acceptors (Lipinski definition) is 8. The molecule has 36 heavy (non-hydrogen) atoms. The number of hydrogen-bond donors (Lipinski definition) is 0. The van der Waals surface area contributed by atoms with Crippen molar-refractivity contribution in [1.82, 2.24) is 0 Å². The van der Waals surface area contributed by atoms with E-state index in [1.807, 2.05) is 30.3 Å². The standard InChI is InChI=1S/C28H30O8/c1-31-23-13-19(14-24(32-2)27(23)34-4)21(29)11-12-22(30)20-15-25(33-3)28(35-5)26(16-20)36-17-18-9-7-6-8-10-18/h6-10,13-16H,11-12,17H2,1-5H3. The van der Waals surface area contributed by atoms with Gasteiger partial charge in [0.2, 0.25) is 11.5 Å². The van der Waals surface area contributed by atoms with E-state index in [9.17, 15) is 9.59 Å². The molecule has 3 rings (SSSR count). The largest absolute Gasteiger partial charge is 0.493 e. The molecule has 0 aliphatic carbocycles. The maximum atomic E-state index is 13.0. The Morgan fingerprint density at radius 2 is 1.00 bits per heavy atom. The Kier molecular flexibility index (Phi) is 9.16. The predicted molar refractivity (Wildman–Crippen MR) is 134 cm³/mol. The summed E-state index contributed by atoms with van der Waals surface area (Å²) in [6, 6.07) is 16.0. The van der Waals surface area contributed by atoms with E-state index in [2.05, 4.69) is 0 Å². The number of ketones is 2. The molecule has 0 atom stereocenters. The van der Waals surface area contributed by atoms with Crippen LogP contribution >= 0.6 is 0 Å². The number of Topliss-reactive ketones (excluding diaryl/α,β-unsaturated/α-hetero) is 2. The minimum absolute atomic E-state index is 0.00792. The van der Waals surface area contributed by atoms with Gasteiger partial charge >= 0.3 is 0 Å². The SMILES string of the molecule is COc1cc(C(=O)CCC(=O)c2cc(OC)c(OC)c(OCc3ccccc3)c2)cc(OC)c1OC. The zero-order valence-corrected chi connectivity index (χ0v) is 21.1. The van der Waals surface area contributed by atoms with Crippen molar-refractivity contribution >= 4 is 11.6 Å². The molecule has 3 aromatic carbocycles. The van der Waals surface area contributed by atoms with Crippen molar-refractivity contribution in [2.75, 3.05) is 35.5 Å². The number of rotatable bonds is 13. The van der Waals surface area contributed by atoms with E-state index in [1.165, 1.54) is 35.5 Å². The molecule has 0 unspecified atom stereocenters. The van der Waals surface area contributed by atoms with Gasteiger partial charge in [-0.15, -0.1) is 0 Å². The van der Waals surface area contributed by atoms with Crippen LogP contribution in [0.1, 0.15) is 39.1 Å². The van der Waals surface area contributed by atoms with E-state index in [0.717, 1.165) is 5.56 Å². The molecule has 0 heterocycles. The lowest BCUT2D eigenvalue weighted by Crippen LogP contribution is -2.08. The molecule has 3 aromatic rings. The first-order valence-corrected chi connectivity index (χ1v) is 11.2. The summed E-state index contributed by atoms with van der Waals surface area (Å²) in [5, 5.41) is 0. The second-order valence-electron chi connectivity index (χ2n) is 7.74. The third-order valence-electron chi connectivity index (χ3n) is 5.57. The molecular weight excluding hydrogens is 464 g/mol. The molecule has 0 amide bonds. The summed E-state index contributed by atoms with van der Waals surface area (Å²) < 4.78 is 32.8. The van der Waals surface area contributed by atoms with Gasteiger partial charge in [0.25, 0.3) is 0 Å². The van der Waals surface area contributed by atoms with E-state index in [1.54, 1.807) is 24.3 Å². The highest BCUT2D eigenvalue weighted by Gasteiger charge is 2.21. The van der Waals surface area contributed by atoms with Crippen LogP contribution < -0.4 is 28.4 Å². The van der Waals surface area contributed by atoms with Crippen molar-refractivity contribution in [1.29, 1.82) is 0 Å². The van der Waals surface area contributed by atoms with Gasteiger partial charge in [0, 0.05) is 24.0 Å². The fourth-order valence-electron chi connectivity index (χ4n) is 3.69. The molecule has 0 bridgehead atoms. The quantitative estimate of drug-likeness (QED) is 0.301. The fourth-order valence-corrected chi connectivity index (χ4v) is 3.69. The van der Waals surface area contributed by atoms with Crippen LogP contribution in [0.5, 0.6) is 34.5 Å². The number of ether oxygens (including phenoxy) is 6. The predicted octanol–water partition coefficient (Wildman–Crippen LogP) is 5.15. The van der Waals surface area contributed by atoms with E-state index < -0.39 is 0 Å². The lowest BCUT2D eigenvalue weighted by Gasteiger charge is -2.16. The molecule has 0 saturated carbocycles. The fraction of sp³-hybridized carbons (Fsp3) is 0.286. The maximum absolute atomic E-state index is 13.0. The molecule has 0 saturated heterocycles. The van der Waals surface area contributed by atoms with Gasteiger partial charge < -0.3 is 28.4 Å². The van der Waals surface area contributed by atoms with Gasteiger partial charge in [0.15, 0.2) is 34.6 Å². The first-order chi connectivity index (χ1) is 17.4. The van der Waals surface area contributed by atoms with Crippen LogP contribution in [0.4, 0.5) is 0 Å². The molecule has 0 aromatic heterocycles. The van der Waals surface area contributed by atoms with Crippen molar-refractivity contribution < 1.29 is 38.0 Å². The molecule has 8 heteroatoms. The minimum Gasteiger partial charge on any atom is -0.493 e. The highest BCUT2D eigenvalue weighted by Crippen LogP contribution is 2.40. The van der Waals surface area contributed by atoms with Crippen LogP contribution in [-0.4, -0.2) is 47.1 Å². The van der Waals surface area contributed by atoms with Crippen molar-refractivity contribution in [2.45, 2.75) is 19.4 Å².